The topological polar surface area (TPSA) is 64.3 Å². The van der Waals surface area contributed by atoms with E-state index < -0.39 is 36.4 Å². The van der Waals surface area contributed by atoms with Gasteiger partial charge in [-0.15, -0.1) is 0 Å². The zero-order chi connectivity index (χ0) is 16.2. The largest absolute Gasteiger partial charge is 0.444 e. The molecule has 0 aliphatic heterocycles. The number of carbonyl (C=O) groups is 1. The van der Waals surface area contributed by atoms with Gasteiger partial charge in [-0.25, -0.2) is 18.0 Å². The zero-order valence-corrected chi connectivity index (χ0v) is 12.1. The van der Waals surface area contributed by atoms with E-state index in [1.54, 1.807) is 20.8 Å². The SMILES string of the molecule is CC(C)(C)OC(=O)Nc1ccc(F)c(C(CN)C(F)F)c1. The molecular formula is C14H19F3N2O2. The molecule has 0 aromatic heterocycles. The first kappa shape index (κ1) is 17.3. The maximum Gasteiger partial charge on any atom is 0.412 e. The van der Waals surface area contributed by atoms with Gasteiger partial charge >= 0.3 is 6.09 Å². The Labute approximate surface area is 121 Å². The van der Waals surface area contributed by atoms with Gasteiger partial charge in [-0.2, -0.15) is 0 Å². The lowest BCUT2D eigenvalue weighted by molar-refractivity contribution is 0.0636. The van der Waals surface area contributed by atoms with Crippen LogP contribution >= 0.6 is 0 Å². The Morgan fingerprint density at radius 3 is 2.48 bits per heavy atom. The molecule has 0 spiro atoms. The number of nitrogens with two attached hydrogens (primary N) is 1. The highest BCUT2D eigenvalue weighted by molar-refractivity contribution is 5.85. The second-order valence-electron chi connectivity index (χ2n) is 5.54. The molecule has 1 aromatic rings. The highest BCUT2D eigenvalue weighted by atomic mass is 19.3. The molecule has 1 amide bonds. The third kappa shape index (κ3) is 5.26. The van der Waals surface area contributed by atoms with Crippen molar-refractivity contribution in [1.29, 1.82) is 0 Å². The fourth-order valence-corrected chi connectivity index (χ4v) is 1.69. The molecule has 21 heavy (non-hydrogen) atoms. The monoisotopic (exact) mass is 304 g/mol. The van der Waals surface area contributed by atoms with E-state index in [0.29, 0.717) is 0 Å². The number of nitrogens with one attached hydrogen (secondary N) is 1. The molecular weight excluding hydrogens is 285 g/mol. The van der Waals surface area contributed by atoms with Gasteiger partial charge in [-0.05, 0) is 44.5 Å². The first-order valence-electron chi connectivity index (χ1n) is 6.41. The average molecular weight is 304 g/mol. The maximum absolute atomic E-state index is 13.6. The van der Waals surface area contributed by atoms with Crippen LogP contribution in [0.4, 0.5) is 23.7 Å². The van der Waals surface area contributed by atoms with Crippen molar-refractivity contribution in [2.75, 3.05) is 11.9 Å². The van der Waals surface area contributed by atoms with Gasteiger partial charge < -0.3 is 10.5 Å². The van der Waals surface area contributed by atoms with Crippen LogP contribution in [0.5, 0.6) is 0 Å². The molecule has 0 radical (unpaired) electrons. The summed E-state index contributed by atoms with van der Waals surface area (Å²) >= 11 is 0. The Morgan fingerprint density at radius 1 is 1.38 bits per heavy atom. The summed E-state index contributed by atoms with van der Waals surface area (Å²) in [5.74, 6) is -2.22. The molecule has 0 aliphatic carbocycles. The molecule has 1 unspecified atom stereocenters. The Bertz CT molecular complexity index is 501. The minimum absolute atomic E-state index is 0.166. The van der Waals surface area contributed by atoms with Crippen LogP contribution in [0.25, 0.3) is 0 Å². The lowest BCUT2D eigenvalue weighted by Gasteiger charge is -2.20. The number of alkyl halides is 2. The van der Waals surface area contributed by atoms with Crippen molar-refractivity contribution >= 4 is 11.8 Å². The summed E-state index contributed by atoms with van der Waals surface area (Å²) < 4.78 is 44.3. The van der Waals surface area contributed by atoms with Crippen molar-refractivity contribution in [2.24, 2.45) is 5.73 Å². The third-order valence-electron chi connectivity index (χ3n) is 2.60. The van der Waals surface area contributed by atoms with E-state index in [1.807, 2.05) is 0 Å². The second-order valence-corrected chi connectivity index (χ2v) is 5.54. The van der Waals surface area contributed by atoms with Gasteiger partial charge in [0, 0.05) is 12.2 Å². The number of anilines is 1. The summed E-state index contributed by atoms with van der Waals surface area (Å²) in [6.07, 6.45) is -3.54. The minimum atomic E-state index is -2.79. The highest BCUT2D eigenvalue weighted by Crippen LogP contribution is 2.27. The Balaban J connectivity index is 2.94. The minimum Gasteiger partial charge on any atom is -0.444 e. The normalized spacial score (nSPS) is 13.1. The predicted molar refractivity (Wildman–Crippen MR) is 74.1 cm³/mol. The zero-order valence-electron chi connectivity index (χ0n) is 12.1. The van der Waals surface area contributed by atoms with Gasteiger partial charge in [0.15, 0.2) is 0 Å². The van der Waals surface area contributed by atoms with Crippen molar-refractivity contribution in [3.63, 3.8) is 0 Å². The number of benzene rings is 1. The number of amides is 1. The van der Waals surface area contributed by atoms with Crippen LogP contribution in [-0.4, -0.2) is 24.7 Å². The Hall–Kier alpha value is -1.76. The van der Waals surface area contributed by atoms with Crippen LogP contribution in [0.15, 0.2) is 18.2 Å². The van der Waals surface area contributed by atoms with Gasteiger partial charge in [-0.1, -0.05) is 0 Å². The molecule has 118 valence electrons. The summed E-state index contributed by atoms with van der Waals surface area (Å²) in [5.41, 5.74) is 4.48. The highest BCUT2D eigenvalue weighted by Gasteiger charge is 2.24. The fraction of sp³-hybridized carbons (Fsp3) is 0.500. The fourth-order valence-electron chi connectivity index (χ4n) is 1.69. The molecule has 0 aliphatic rings. The van der Waals surface area contributed by atoms with E-state index in [1.165, 1.54) is 6.07 Å². The standard InChI is InChI=1S/C14H19F3N2O2/c1-14(2,3)21-13(20)19-8-4-5-11(15)9(6-8)10(7-18)12(16)17/h4-6,10,12H,7,18H2,1-3H3,(H,19,20). The van der Waals surface area contributed by atoms with E-state index in [-0.39, 0.29) is 11.3 Å². The van der Waals surface area contributed by atoms with Crippen LogP contribution in [0.3, 0.4) is 0 Å². The average Bonchev–Trinajstić information content (AvgIpc) is 2.31. The van der Waals surface area contributed by atoms with Crippen LogP contribution in [0.1, 0.15) is 32.3 Å². The molecule has 0 bridgehead atoms. The van der Waals surface area contributed by atoms with Crippen LogP contribution in [-0.2, 0) is 4.74 Å². The smallest absolute Gasteiger partial charge is 0.412 e. The van der Waals surface area contributed by atoms with E-state index in [0.717, 1.165) is 12.1 Å². The molecule has 3 N–H and O–H groups in total. The van der Waals surface area contributed by atoms with E-state index in [9.17, 15) is 18.0 Å². The van der Waals surface area contributed by atoms with Crippen molar-refractivity contribution in [3.8, 4) is 0 Å². The van der Waals surface area contributed by atoms with E-state index >= 15 is 0 Å². The number of hydrogen-bond acceptors (Lipinski definition) is 3. The molecule has 7 heteroatoms. The van der Waals surface area contributed by atoms with Gasteiger partial charge in [-0.3, -0.25) is 5.32 Å². The van der Waals surface area contributed by atoms with Crippen LogP contribution in [0.2, 0.25) is 0 Å². The summed E-state index contributed by atoms with van der Waals surface area (Å²) in [5, 5.41) is 2.37. The first-order valence-corrected chi connectivity index (χ1v) is 6.41. The van der Waals surface area contributed by atoms with Crippen LogP contribution < -0.4 is 11.1 Å². The van der Waals surface area contributed by atoms with Crippen LogP contribution in [0, 0.1) is 5.82 Å². The van der Waals surface area contributed by atoms with E-state index in [2.05, 4.69) is 5.32 Å². The van der Waals surface area contributed by atoms with Gasteiger partial charge in [0.2, 0.25) is 6.43 Å². The molecule has 1 rings (SSSR count). The molecule has 0 saturated heterocycles. The van der Waals surface area contributed by atoms with Gasteiger partial charge in [0.25, 0.3) is 0 Å². The number of halogens is 3. The number of carbonyl (C=O) groups excluding carboxylic acids is 1. The lowest BCUT2D eigenvalue weighted by Crippen LogP contribution is -2.27. The predicted octanol–water partition coefficient (Wildman–Crippen LogP) is 3.48. The maximum atomic E-state index is 13.6. The van der Waals surface area contributed by atoms with Crippen molar-refractivity contribution < 1.29 is 22.7 Å². The number of ether oxygens (including phenoxy) is 1. The van der Waals surface area contributed by atoms with Crippen molar-refractivity contribution in [3.05, 3.63) is 29.6 Å². The quantitative estimate of drug-likeness (QED) is 0.895. The Morgan fingerprint density at radius 2 is 2.00 bits per heavy atom. The summed E-state index contributed by atoms with van der Waals surface area (Å²) in [4.78, 5) is 11.6. The van der Waals surface area contributed by atoms with Gasteiger partial charge in [0.1, 0.15) is 11.4 Å². The molecule has 0 saturated carbocycles. The molecule has 0 fully saturated rings. The molecule has 1 atom stereocenters. The van der Waals surface area contributed by atoms with Crippen molar-refractivity contribution in [2.45, 2.75) is 38.7 Å². The lowest BCUT2D eigenvalue weighted by atomic mass is 9.98. The number of rotatable bonds is 4. The summed E-state index contributed by atoms with van der Waals surface area (Å²) in [7, 11) is 0. The molecule has 0 heterocycles. The van der Waals surface area contributed by atoms with E-state index in [4.69, 9.17) is 10.5 Å². The second kappa shape index (κ2) is 6.80. The van der Waals surface area contributed by atoms with Gasteiger partial charge in [0.05, 0.1) is 5.92 Å². The number of hydrogen-bond donors (Lipinski definition) is 2. The van der Waals surface area contributed by atoms with Crippen molar-refractivity contribution in [1.82, 2.24) is 0 Å². The molecule has 1 aromatic carbocycles. The molecule has 4 nitrogen and oxygen atoms in total. The first-order chi connectivity index (χ1) is 9.64. The summed E-state index contributed by atoms with van der Waals surface area (Å²) in [6.45, 7) is 4.65. The summed E-state index contributed by atoms with van der Waals surface area (Å²) in [6, 6.07) is 3.41. The Kier molecular flexibility index (Phi) is 5.60. The third-order valence-corrected chi connectivity index (χ3v) is 2.60.